The summed E-state index contributed by atoms with van der Waals surface area (Å²) in [5, 5.41) is 9.00. The van der Waals surface area contributed by atoms with Gasteiger partial charge in [-0.3, -0.25) is 9.59 Å². The van der Waals surface area contributed by atoms with Crippen LogP contribution >= 0.6 is 0 Å². The van der Waals surface area contributed by atoms with Gasteiger partial charge in [0, 0.05) is 13.1 Å². The van der Waals surface area contributed by atoms with Crippen LogP contribution in [0.2, 0.25) is 0 Å². The summed E-state index contributed by atoms with van der Waals surface area (Å²) in [5.74, 6) is -0.847. The second-order valence-corrected chi connectivity index (χ2v) is 3.25. The van der Waals surface area contributed by atoms with E-state index in [1.165, 1.54) is 0 Å². The van der Waals surface area contributed by atoms with E-state index < -0.39 is 5.91 Å². The van der Waals surface area contributed by atoms with E-state index in [1.807, 2.05) is 13.8 Å². The highest BCUT2D eigenvalue weighted by atomic mass is 16.6. The molecule has 1 aromatic rings. The normalized spacial score (nSPS) is 10.0. The van der Waals surface area contributed by atoms with Crippen molar-refractivity contribution in [3.8, 4) is 0 Å². The number of nitrogen functional groups attached to an aromatic ring is 1. The quantitative estimate of drug-likeness (QED) is 0.701. The summed E-state index contributed by atoms with van der Waals surface area (Å²) in [5.41, 5.74) is 5.22. The number of nitrogens with zero attached hydrogens (tertiary/aromatic N) is 3. The van der Waals surface area contributed by atoms with Gasteiger partial charge in [0.2, 0.25) is 17.4 Å². The molecule has 0 atom stereocenters. The van der Waals surface area contributed by atoms with Crippen molar-refractivity contribution in [2.45, 2.75) is 13.8 Å². The SMILES string of the molecule is CCN(CC)C(=O)CNC(=O)c1nonc1N. The largest absolute Gasteiger partial charge is 0.379 e. The van der Waals surface area contributed by atoms with Crippen LogP contribution in [0.4, 0.5) is 5.82 Å². The lowest BCUT2D eigenvalue weighted by atomic mass is 10.4. The monoisotopic (exact) mass is 241 g/mol. The van der Waals surface area contributed by atoms with E-state index in [9.17, 15) is 9.59 Å². The number of hydrogen-bond donors (Lipinski definition) is 2. The highest BCUT2D eigenvalue weighted by Gasteiger charge is 2.17. The third kappa shape index (κ3) is 3.16. The maximum atomic E-state index is 11.6. The molecule has 0 saturated heterocycles. The summed E-state index contributed by atoms with van der Waals surface area (Å²) in [7, 11) is 0. The Labute approximate surface area is 98.1 Å². The standard InChI is InChI=1S/C9H15N5O3/c1-3-14(4-2)6(15)5-11-9(16)7-8(10)13-17-12-7/h3-5H2,1-2H3,(H2,10,13)(H,11,16). The van der Waals surface area contributed by atoms with E-state index in [2.05, 4.69) is 20.3 Å². The molecule has 0 aliphatic rings. The third-order valence-corrected chi connectivity index (χ3v) is 2.25. The maximum absolute atomic E-state index is 11.6. The van der Waals surface area contributed by atoms with E-state index in [-0.39, 0.29) is 24.0 Å². The van der Waals surface area contributed by atoms with Crippen molar-refractivity contribution in [2.24, 2.45) is 0 Å². The molecule has 0 unspecified atom stereocenters. The lowest BCUT2D eigenvalue weighted by Gasteiger charge is -2.18. The molecule has 8 nitrogen and oxygen atoms in total. The molecule has 3 N–H and O–H groups in total. The Morgan fingerprint density at radius 3 is 2.47 bits per heavy atom. The molecule has 0 bridgehead atoms. The van der Waals surface area contributed by atoms with Crippen LogP contribution in [0, 0.1) is 0 Å². The molecular formula is C9H15N5O3. The fourth-order valence-electron chi connectivity index (χ4n) is 1.28. The van der Waals surface area contributed by atoms with Crippen LogP contribution in [-0.2, 0) is 4.79 Å². The number of aromatic nitrogens is 2. The Morgan fingerprint density at radius 1 is 1.35 bits per heavy atom. The van der Waals surface area contributed by atoms with E-state index in [0.29, 0.717) is 13.1 Å². The summed E-state index contributed by atoms with van der Waals surface area (Å²) < 4.78 is 4.28. The van der Waals surface area contributed by atoms with Gasteiger partial charge >= 0.3 is 0 Å². The summed E-state index contributed by atoms with van der Waals surface area (Å²) in [6, 6.07) is 0. The fraction of sp³-hybridized carbons (Fsp3) is 0.556. The molecule has 0 aromatic carbocycles. The number of likely N-dealkylation sites (N-methyl/N-ethyl adjacent to an activating group) is 1. The summed E-state index contributed by atoms with van der Waals surface area (Å²) in [6.07, 6.45) is 0. The topological polar surface area (TPSA) is 114 Å². The number of amides is 2. The molecule has 0 radical (unpaired) electrons. The lowest BCUT2D eigenvalue weighted by Crippen LogP contribution is -2.40. The van der Waals surface area contributed by atoms with Crippen LogP contribution in [0.3, 0.4) is 0 Å². The zero-order valence-corrected chi connectivity index (χ0v) is 9.77. The third-order valence-electron chi connectivity index (χ3n) is 2.25. The Morgan fingerprint density at radius 2 is 2.00 bits per heavy atom. The first-order chi connectivity index (χ1) is 8.10. The first-order valence-corrected chi connectivity index (χ1v) is 5.24. The zero-order valence-electron chi connectivity index (χ0n) is 9.77. The van der Waals surface area contributed by atoms with Gasteiger partial charge in [0.1, 0.15) is 0 Å². The van der Waals surface area contributed by atoms with Crippen LogP contribution in [0.15, 0.2) is 4.63 Å². The fourth-order valence-corrected chi connectivity index (χ4v) is 1.28. The first kappa shape index (κ1) is 12.9. The molecule has 0 fully saturated rings. The number of rotatable bonds is 5. The molecule has 1 heterocycles. The highest BCUT2D eigenvalue weighted by Crippen LogP contribution is 2.02. The Balaban J connectivity index is 2.49. The van der Waals surface area contributed by atoms with Gasteiger partial charge in [0.25, 0.3) is 5.91 Å². The average molecular weight is 241 g/mol. The van der Waals surface area contributed by atoms with Crippen LogP contribution in [0.25, 0.3) is 0 Å². The molecule has 1 aromatic heterocycles. The van der Waals surface area contributed by atoms with E-state index in [1.54, 1.807) is 4.90 Å². The first-order valence-electron chi connectivity index (χ1n) is 5.24. The summed E-state index contributed by atoms with van der Waals surface area (Å²) in [4.78, 5) is 24.7. The molecule has 17 heavy (non-hydrogen) atoms. The number of carbonyl (C=O) groups excluding carboxylic acids is 2. The van der Waals surface area contributed by atoms with Crippen molar-refractivity contribution in [3.05, 3.63) is 5.69 Å². The zero-order chi connectivity index (χ0) is 12.8. The molecule has 1 rings (SSSR count). The van der Waals surface area contributed by atoms with Gasteiger partial charge < -0.3 is 16.0 Å². The Bertz CT molecular complexity index is 399. The number of hydrogen-bond acceptors (Lipinski definition) is 6. The molecule has 94 valence electrons. The van der Waals surface area contributed by atoms with E-state index in [4.69, 9.17) is 5.73 Å². The van der Waals surface area contributed by atoms with Crippen molar-refractivity contribution in [1.82, 2.24) is 20.5 Å². The van der Waals surface area contributed by atoms with Crippen LogP contribution < -0.4 is 11.1 Å². The van der Waals surface area contributed by atoms with Crippen molar-refractivity contribution in [2.75, 3.05) is 25.4 Å². The van der Waals surface area contributed by atoms with Gasteiger partial charge in [0.05, 0.1) is 6.54 Å². The van der Waals surface area contributed by atoms with Crippen LogP contribution in [0.5, 0.6) is 0 Å². The average Bonchev–Trinajstić information content (AvgIpc) is 2.74. The van der Waals surface area contributed by atoms with Gasteiger partial charge in [-0.1, -0.05) is 0 Å². The molecule has 8 heteroatoms. The number of nitrogens with two attached hydrogens (primary N) is 1. The highest BCUT2D eigenvalue weighted by molar-refractivity contribution is 5.97. The van der Waals surface area contributed by atoms with E-state index in [0.717, 1.165) is 0 Å². The van der Waals surface area contributed by atoms with Crippen LogP contribution in [-0.4, -0.2) is 46.7 Å². The number of carbonyl (C=O) groups is 2. The summed E-state index contributed by atoms with van der Waals surface area (Å²) >= 11 is 0. The van der Waals surface area contributed by atoms with Crippen LogP contribution in [0.1, 0.15) is 24.3 Å². The predicted molar refractivity (Wildman–Crippen MR) is 59.0 cm³/mol. The van der Waals surface area contributed by atoms with Crippen molar-refractivity contribution < 1.29 is 14.2 Å². The van der Waals surface area contributed by atoms with Crippen molar-refractivity contribution >= 4 is 17.6 Å². The minimum Gasteiger partial charge on any atom is -0.379 e. The minimum absolute atomic E-state index is 0.0993. The minimum atomic E-state index is -0.579. The predicted octanol–water partition coefficient (Wildman–Crippen LogP) is -0.750. The smallest absolute Gasteiger partial charge is 0.277 e. The van der Waals surface area contributed by atoms with Gasteiger partial charge in [-0.2, -0.15) is 0 Å². The Kier molecular flexibility index (Phi) is 4.44. The molecule has 2 amide bonds. The van der Waals surface area contributed by atoms with Crippen molar-refractivity contribution in [1.29, 1.82) is 0 Å². The molecule has 0 saturated carbocycles. The van der Waals surface area contributed by atoms with Gasteiger partial charge in [-0.15, -0.1) is 0 Å². The Hall–Kier alpha value is -2.12. The lowest BCUT2D eigenvalue weighted by molar-refractivity contribution is -0.129. The van der Waals surface area contributed by atoms with Crippen molar-refractivity contribution in [3.63, 3.8) is 0 Å². The molecule has 0 aliphatic heterocycles. The van der Waals surface area contributed by atoms with Gasteiger partial charge in [0.15, 0.2) is 0 Å². The van der Waals surface area contributed by atoms with Gasteiger partial charge in [-0.05, 0) is 24.2 Å². The van der Waals surface area contributed by atoms with E-state index >= 15 is 0 Å². The second kappa shape index (κ2) is 5.83. The molecule has 0 aliphatic carbocycles. The number of nitrogens with one attached hydrogen (secondary N) is 1. The maximum Gasteiger partial charge on any atom is 0.277 e. The summed E-state index contributed by atoms with van der Waals surface area (Å²) in [6.45, 7) is 4.82. The molecule has 0 spiro atoms. The van der Waals surface area contributed by atoms with Gasteiger partial charge in [-0.25, -0.2) is 4.63 Å². The molecular weight excluding hydrogens is 226 g/mol. The second-order valence-electron chi connectivity index (χ2n) is 3.25. The number of anilines is 1.